The van der Waals surface area contributed by atoms with Crippen LogP contribution in [0.3, 0.4) is 0 Å². The van der Waals surface area contributed by atoms with E-state index in [2.05, 4.69) is 4.74 Å². The Morgan fingerprint density at radius 1 is 1.14 bits per heavy atom. The summed E-state index contributed by atoms with van der Waals surface area (Å²) in [5.41, 5.74) is -3.49. The monoisotopic (exact) mass is 308 g/mol. The van der Waals surface area contributed by atoms with Crippen molar-refractivity contribution in [2.24, 2.45) is 11.3 Å². The number of hydrogen-bond acceptors (Lipinski definition) is 4. The van der Waals surface area contributed by atoms with Gasteiger partial charge in [0, 0.05) is 6.42 Å². The summed E-state index contributed by atoms with van der Waals surface area (Å²) in [6, 6.07) is 0. The van der Waals surface area contributed by atoms with Crippen LogP contribution < -0.4 is 0 Å². The minimum absolute atomic E-state index is 0.0370. The molecule has 21 heavy (non-hydrogen) atoms. The highest BCUT2D eigenvalue weighted by Crippen LogP contribution is 2.63. The normalized spacial score (nSPS) is 46.5. The van der Waals surface area contributed by atoms with Crippen LogP contribution in [-0.4, -0.2) is 39.7 Å². The molecular formula is C14H19F3O4. The Kier molecular flexibility index (Phi) is 2.97. The molecule has 120 valence electrons. The van der Waals surface area contributed by atoms with Crippen LogP contribution in [0.15, 0.2) is 0 Å². The molecule has 0 aliphatic heterocycles. The van der Waals surface area contributed by atoms with Gasteiger partial charge in [-0.05, 0) is 44.9 Å². The van der Waals surface area contributed by atoms with Gasteiger partial charge in [-0.25, -0.2) is 0 Å². The minimum atomic E-state index is -4.61. The van der Waals surface area contributed by atoms with Crippen molar-refractivity contribution in [1.82, 2.24) is 0 Å². The summed E-state index contributed by atoms with van der Waals surface area (Å²) in [5.74, 6) is -0.974. The molecule has 0 aromatic carbocycles. The minimum Gasteiger partial charge on any atom is -0.453 e. The Bertz CT molecular complexity index is 457. The smallest absolute Gasteiger partial charge is 0.425 e. The largest absolute Gasteiger partial charge is 0.453 e. The zero-order chi connectivity index (χ0) is 15.7. The van der Waals surface area contributed by atoms with Crippen LogP contribution in [0.5, 0.6) is 0 Å². The number of carbonyl (C=O) groups is 1. The van der Waals surface area contributed by atoms with Crippen LogP contribution in [0.2, 0.25) is 0 Å². The molecule has 0 spiro atoms. The van der Waals surface area contributed by atoms with Crippen LogP contribution in [0, 0.1) is 11.3 Å². The van der Waals surface area contributed by atoms with Gasteiger partial charge in [0.05, 0.1) is 16.6 Å². The van der Waals surface area contributed by atoms with Crippen molar-refractivity contribution in [3.63, 3.8) is 0 Å². The lowest BCUT2D eigenvalue weighted by molar-refractivity contribution is -0.253. The van der Waals surface area contributed by atoms with Crippen LogP contribution in [0.1, 0.15) is 45.4 Å². The topological polar surface area (TPSA) is 66.8 Å². The van der Waals surface area contributed by atoms with Crippen LogP contribution in [0.4, 0.5) is 13.2 Å². The van der Waals surface area contributed by atoms with Crippen molar-refractivity contribution in [2.75, 3.05) is 0 Å². The summed E-state index contributed by atoms with van der Waals surface area (Å²) in [5, 5.41) is 21.0. The quantitative estimate of drug-likeness (QED) is 0.765. The summed E-state index contributed by atoms with van der Waals surface area (Å²) < 4.78 is 42.3. The van der Waals surface area contributed by atoms with E-state index in [1.807, 2.05) is 0 Å². The van der Waals surface area contributed by atoms with Gasteiger partial charge >= 0.3 is 12.1 Å². The van der Waals surface area contributed by atoms with Gasteiger partial charge in [-0.3, -0.25) is 4.79 Å². The van der Waals surface area contributed by atoms with E-state index >= 15 is 0 Å². The van der Waals surface area contributed by atoms with E-state index in [0.29, 0.717) is 19.3 Å². The second-order valence-corrected chi connectivity index (χ2v) is 7.33. The Labute approximate surface area is 120 Å². The molecule has 4 nitrogen and oxygen atoms in total. The molecule has 0 aromatic heterocycles. The van der Waals surface area contributed by atoms with Crippen molar-refractivity contribution in [3.8, 4) is 0 Å². The number of hydrogen-bond donors (Lipinski definition) is 2. The molecule has 4 bridgehead atoms. The summed E-state index contributed by atoms with van der Waals surface area (Å²) in [4.78, 5) is 12.3. The molecular weight excluding hydrogens is 289 g/mol. The van der Waals surface area contributed by atoms with Gasteiger partial charge in [-0.15, -0.1) is 0 Å². The number of esters is 1. The molecule has 0 heterocycles. The lowest BCUT2D eigenvalue weighted by Gasteiger charge is -2.62. The SMILES string of the molecule is CC(OC(=O)C12CC3CC(O)(CC(O)(C3)C1)C2)C(F)(F)F. The zero-order valence-electron chi connectivity index (χ0n) is 11.7. The van der Waals surface area contributed by atoms with Crippen molar-refractivity contribution in [2.45, 2.75) is 68.9 Å². The maximum atomic E-state index is 12.6. The summed E-state index contributed by atoms with van der Waals surface area (Å²) in [6.07, 6.45) is -5.03. The summed E-state index contributed by atoms with van der Waals surface area (Å²) >= 11 is 0. The highest BCUT2D eigenvalue weighted by atomic mass is 19.4. The van der Waals surface area contributed by atoms with Gasteiger partial charge in [0.2, 0.25) is 0 Å². The maximum Gasteiger partial charge on any atom is 0.425 e. The van der Waals surface area contributed by atoms with Crippen molar-refractivity contribution >= 4 is 5.97 Å². The van der Waals surface area contributed by atoms with Gasteiger partial charge in [0.25, 0.3) is 0 Å². The number of alkyl halides is 3. The highest BCUT2D eigenvalue weighted by molar-refractivity contribution is 5.78. The van der Waals surface area contributed by atoms with E-state index in [4.69, 9.17) is 0 Å². The molecule has 4 rings (SSSR count). The molecule has 7 heteroatoms. The van der Waals surface area contributed by atoms with E-state index in [-0.39, 0.29) is 25.2 Å². The maximum absolute atomic E-state index is 12.6. The average Bonchev–Trinajstić information content (AvgIpc) is 2.21. The van der Waals surface area contributed by atoms with E-state index in [0.717, 1.165) is 6.92 Å². The van der Waals surface area contributed by atoms with Gasteiger partial charge < -0.3 is 14.9 Å². The fourth-order valence-corrected chi connectivity index (χ4v) is 4.92. The molecule has 0 saturated heterocycles. The zero-order valence-corrected chi connectivity index (χ0v) is 11.7. The number of ether oxygens (including phenoxy) is 1. The number of rotatable bonds is 2. The first-order valence-electron chi connectivity index (χ1n) is 7.18. The molecule has 3 atom stereocenters. The molecule has 4 aliphatic carbocycles. The third-order valence-corrected chi connectivity index (χ3v) is 5.19. The second-order valence-electron chi connectivity index (χ2n) is 7.33. The van der Waals surface area contributed by atoms with Crippen molar-refractivity contribution < 1.29 is 32.9 Å². The molecule has 0 aromatic rings. The standard InChI is InChI=1S/C14H19F3O4/c1-8(14(15,16)17)21-10(18)11-2-9-3-12(19,5-11)7-13(20,4-9)6-11/h8-9,19-20H,2-7H2,1H3. The van der Waals surface area contributed by atoms with E-state index in [1.54, 1.807) is 0 Å². The van der Waals surface area contributed by atoms with Crippen molar-refractivity contribution in [3.05, 3.63) is 0 Å². The molecule has 4 saturated carbocycles. The number of halogens is 3. The van der Waals surface area contributed by atoms with Gasteiger partial charge in [-0.1, -0.05) is 0 Å². The molecule has 3 unspecified atom stereocenters. The predicted molar refractivity (Wildman–Crippen MR) is 65.1 cm³/mol. The Morgan fingerprint density at radius 3 is 2.10 bits per heavy atom. The first-order valence-corrected chi connectivity index (χ1v) is 7.18. The summed E-state index contributed by atoms with van der Waals surface area (Å²) in [6.45, 7) is 0.793. The predicted octanol–water partition coefficient (Wildman–Crippen LogP) is 1.93. The van der Waals surface area contributed by atoms with Crippen LogP contribution in [0.25, 0.3) is 0 Å². The van der Waals surface area contributed by atoms with Gasteiger partial charge in [-0.2, -0.15) is 13.2 Å². The molecule has 0 radical (unpaired) electrons. The third-order valence-electron chi connectivity index (χ3n) is 5.19. The molecule has 4 aliphatic rings. The van der Waals surface area contributed by atoms with Crippen molar-refractivity contribution in [1.29, 1.82) is 0 Å². The highest BCUT2D eigenvalue weighted by Gasteiger charge is 2.66. The van der Waals surface area contributed by atoms with Crippen LogP contribution >= 0.6 is 0 Å². The fourth-order valence-electron chi connectivity index (χ4n) is 4.92. The molecule has 4 fully saturated rings. The average molecular weight is 308 g/mol. The third kappa shape index (κ3) is 2.44. The van der Waals surface area contributed by atoms with Gasteiger partial charge in [0.1, 0.15) is 0 Å². The Hall–Kier alpha value is -0.820. The van der Waals surface area contributed by atoms with Gasteiger partial charge in [0.15, 0.2) is 6.10 Å². The lowest BCUT2D eigenvalue weighted by atomic mass is 9.46. The Balaban J connectivity index is 1.83. The lowest BCUT2D eigenvalue weighted by Crippen LogP contribution is -2.65. The second kappa shape index (κ2) is 4.13. The van der Waals surface area contributed by atoms with E-state index < -0.39 is 34.9 Å². The Morgan fingerprint density at radius 2 is 1.67 bits per heavy atom. The molecule has 0 amide bonds. The van der Waals surface area contributed by atoms with Crippen LogP contribution in [-0.2, 0) is 9.53 Å². The fraction of sp³-hybridized carbons (Fsp3) is 0.929. The number of aliphatic hydroxyl groups is 2. The summed E-state index contributed by atoms with van der Waals surface area (Å²) in [7, 11) is 0. The molecule has 2 N–H and O–H groups in total. The van der Waals surface area contributed by atoms with E-state index in [1.165, 1.54) is 0 Å². The first kappa shape index (κ1) is 15.1. The number of carbonyl (C=O) groups excluding carboxylic acids is 1. The van der Waals surface area contributed by atoms with E-state index in [9.17, 15) is 28.2 Å². The first-order chi connectivity index (χ1) is 9.46.